The smallest absolute Gasteiger partial charge is 0.189 e. The summed E-state index contributed by atoms with van der Waals surface area (Å²) in [5.41, 5.74) is 0. The van der Waals surface area contributed by atoms with Crippen LogP contribution in [-0.2, 0) is 4.84 Å². The Morgan fingerprint density at radius 2 is 1.70 bits per heavy atom. The predicted molar refractivity (Wildman–Crippen MR) is 87.9 cm³/mol. The van der Waals surface area contributed by atoms with Crippen LogP contribution in [0.1, 0.15) is 0 Å². The van der Waals surface area contributed by atoms with E-state index >= 15 is 0 Å². The lowest BCUT2D eigenvalue weighted by atomic mass is 10.3. The van der Waals surface area contributed by atoms with Crippen LogP contribution in [0.3, 0.4) is 0 Å². The molecule has 2 fully saturated rings. The van der Waals surface area contributed by atoms with Crippen LogP contribution in [0.25, 0.3) is 0 Å². The summed E-state index contributed by atoms with van der Waals surface area (Å²) in [6.45, 7) is 7.89. The van der Waals surface area contributed by atoms with Gasteiger partial charge in [0.2, 0.25) is 0 Å². The average molecular weight is 322 g/mol. The summed E-state index contributed by atoms with van der Waals surface area (Å²) >= 11 is 0. The van der Waals surface area contributed by atoms with Crippen molar-refractivity contribution in [2.75, 3.05) is 66.5 Å². The van der Waals surface area contributed by atoms with Gasteiger partial charge in [0.25, 0.3) is 0 Å². The minimum Gasteiger partial charge on any atom is -0.336 e. The van der Waals surface area contributed by atoms with Crippen LogP contribution in [0.15, 0.2) is 30.3 Å². The molecule has 0 aliphatic carbocycles. The second-order valence-corrected chi connectivity index (χ2v) is 6.16. The molecule has 2 heterocycles. The number of nitrogens with one attached hydrogen (secondary N) is 1. The van der Waals surface area contributed by atoms with Gasteiger partial charge in [-0.25, -0.2) is 4.84 Å². The molecule has 7 heteroatoms. The maximum Gasteiger partial charge on any atom is 0.189 e. The molecule has 0 atom stereocenters. The van der Waals surface area contributed by atoms with Crippen molar-refractivity contribution in [2.45, 2.75) is 0 Å². The summed E-state index contributed by atoms with van der Waals surface area (Å²) in [5.74, 6) is 0.791. The highest BCUT2D eigenvalue weighted by atomic mass is 17.0. The number of hydrogen-bond acceptors (Lipinski definition) is 6. The van der Waals surface area contributed by atoms with E-state index in [0.717, 1.165) is 58.1 Å². The Morgan fingerprint density at radius 3 is 2.30 bits per heavy atom. The van der Waals surface area contributed by atoms with Gasteiger partial charge >= 0.3 is 0 Å². The molecule has 0 bridgehead atoms. The van der Waals surface area contributed by atoms with Gasteiger partial charge in [0, 0.05) is 26.2 Å². The van der Waals surface area contributed by atoms with Gasteiger partial charge in [0.15, 0.2) is 11.1 Å². The second kappa shape index (κ2) is 7.57. The zero-order valence-corrected chi connectivity index (χ0v) is 14.1. The van der Waals surface area contributed by atoms with E-state index in [1.165, 1.54) is 0 Å². The third-order valence-electron chi connectivity index (χ3n) is 4.69. The van der Waals surface area contributed by atoms with Gasteiger partial charge in [-0.1, -0.05) is 18.2 Å². The van der Waals surface area contributed by atoms with Crippen LogP contribution in [0.2, 0.25) is 0 Å². The van der Waals surface area contributed by atoms with Crippen molar-refractivity contribution in [1.29, 1.82) is 0 Å². The Hall–Kier alpha value is -1.22. The molecule has 1 N–H and O–H groups in total. The minimum absolute atomic E-state index is 0.590. The molecule has 0 unspecified atom stereocenters. The van der Waals surface area contributed by atoms with E-state index in [0.29, 0.717) is 4.70 Å². The van der Waals surface area contributed by atoms with Crippen LogP contribution in [0.4, 0.5) is 0 Å². The maximum atomic E-state index is 6.09. The van der Waals surface area contributed by atoms with Gasteiger partial charge in [-0.05, 0) is 19.2 Å². The number of rotatable bonds is 5. The minimum atomic E-state index is 0.590. The Kier molecular flexibility index (Phi) is 5.47. The molecule has 0 radical (unpaired) electrons. The second-order valence-electron chi connectivity index (χ2n) is 6.16. The zero-order chi connectivity index (χ0) is 16.1. The third-order valence-corrected chi connectivity index (χ3v) is 4.69. The molecule has 1 aromatic carbocycles. The molecule has 1 aromatic rings. The lowest BCUT2D eigenvalue weighted by Gasteiger charge is -2.50. The van der Waals surface area contributed by atoms with Gasteiger partial charge in [0.1, 0.15) is 13.1 Å². The Bertz CT molecular complexity index is 473. The van der Waals surface area contributed by atoms with E-state index in [2.05, 4.69) is 22.3 Å². The number of benzene rings is 1. The SMILES string of the molecule is CON(Oc1ccccc1)[N+]1(N2CCN(C)CC2)CCNCC1. The summed E-state index contributed by atoms with van der Waals surface area (Å²) < 4.78 is 0.590. The van der Waals surface area contributed by atoms with Crippen LogP contribution < -0.4 is 10.2 Å². The Balaban J connectivity index is 1.81. The Labute approximate surface area is 138 Å². The third kappa shape index (κ3) is 3.65. The molecule has 0 spiro atoms. The molecule has 0 amide bonds. The molecule has 3 rings (SSSR count). The van der Waals surface area contributed by atoms with Crippen molar-refractivity contribution >= 4 is 0 Å². The van der Waals surface area contributed by atoms with E-state index < -0.39 is 0 Å². The van der Waals surface area contributed by atoms with E-state index in [-0.39, 0.29) is 0 Å². The fraction of sp³-hybridized carbons (Fsp3) is 0.625. The van der Waals surface area contributed by atoms with E-state index in [9.17, 15) is 0 Å². The lowest BCUT2D eigenvalue weighted by Crippen LogP contribution is -2.76. The maximum absolute atomic E-state index is 6.09. The highest BCUT2D eigenvalue weighted by molar-refractivity contribution is 5.20. The van der Waals surface area contributed by atoms with Gasteiger partial charge in [-0.3, -0.25) is 0 Å². The first-order valence-electron chi connectivity index (χ1n) is 8.34. The molecular weight excluding hydrogens is 294 g/mol. The van der Waals surface area contributed by atoms with Gasteiger partial charge in [-0.15, -0.1) is 9.71 Å². The first-order valence-corrected chi connectivity index (χ1v) is 8.34. The van der Waals surface area contributed by atoms with Crippen LogP contribution in [-0.4, -0.2) is 86.5 Å². The van der Waals surface area contributed by atoms with Crippen molar-refractivity contribution in [2.24, 2.45) is 0 Å². The van der Waals surface area contributed by atoms with Gasteiger partial charge < -0.3 is 15.1 Å². The van der Waals surface area contributed by atoms with Gasteiger partial charge in [0.05, 0.1) is 20.2 Å². The van der Waals surface area contributed by atoms with Crippen molar-refractivity contribution in [3.63, 3.8) is 0 Å². The molecule has 2 saturated heterocycles. The van der Waals surface area contributed by atoms with Crippen molar-refractivity contribution in [1.82, 2.24) is 20.6 Å². The number of quaternary nitrogens is 1. The fourth-order valence-corrected chi connectivity index (χ4v) is 3.31. The normalized spacial score (nSPS) is 23.1. The van der Waals surface area contributed by atoms with Crippen LogP contribution >= 0.6 is 0 Å². The fourth-order valence-electron chi connectivity index (χ4n) is 3.31. The summed E-state index contributed by atoms with van der Waals surface area (Å²) in [5, 5.41) is 7.57. The molecule has 0 aromatic heterocycles. The van der Waals surface area contributed by atoms with Crippen LogP contribution in [0, 0.1) is 0 Å². The largest absolute Gasteiger partial charge is 0.336 e. The van der Waals surface area contributed by atoms with Crippen LogP contribution in [0.5, 0.6) is 5.75 Å². The molecule has 128 valence electrons. The first kappa shape index (κ1) is 16.6. The van der Waals surface area contributed by atoms with E-state index in [1.54, 1.807) is 12.4 Å². The Morgan fingerprint density at radius 1 is 1.04 bits per heavy atom. The van der Waals surface area contributed by atoms with Gasteiger partial charge in [-0.2, -0.15) is 0 Å². The van der Waals surface area contributed by atoms with Crippen molar-refractivity contribution < 1.29 is 14.4 Å². The lowest BCUT2D eigenvalue weighted by molar-refractivity contribution is -1.18. The quantitative estimate of drug-likeness (QED) is 0.623. The van der Waals surface area contributed by atoms with E-state index in [4.69, 9.17) is 9.68 Å². The monoisotopic (exact) mass is 322 g/mol. The summed E-state index contributed by atoms with van der Waals surface area (Å²) in [7, 11) is 3.86. The number of para-hydroxylation sites is 1. The average Bonchev–Trinajstić information content (AvgIpc) is 2.61. The highest BCUT2D eigenvalue weighted by Crippen LogP contribution is 2.23. The standard InChI is InChI=1S/C16H28N5O2/c1-18-10-12-19(13-11-18)21(14-8-17-9-15-21)20(22-2)23-16-6-4-3-5-7-16/h3-7,17H,8-15H2,1-2H3/q+1. The number of nitrogens with zero attached hydrogens (tertiary/aromatic N) is 4. The zero-order valence-electron chi connectivity index (χ0n) is 14.1. The predicted octanol–water partition coefficient (Wildman–Crippen LogP) is 0.341. The number of likely N-dealkylation sites (N-methyl/N-ethyl adjacent to an activating group) is 1. The molecule has 2 aliphatic heterocycles. The summed E-state index contributed by atoms with van der Waals surface area (Å²) in [4.78, 5) is 14.1. The molecule has 7 nitrogen and oxygen atoms in total. The number of piperazine rings is 2. The van der Waals surface area contributed by atoms with E-state index in [1.807, 2.05) is 30.3 Å². The van der Waals surface area contributed by atoms with Crippen molar-refractivity contribution in [3.8, 4) is 5.75 Å². The number of hydrogen-bond donors (Lipinski definition) is 1. The van der Waals surface area contributed by atoms with Crippen molar-refractivity contribution in [3.05, 3.63) is 30.3 Å². The summed E-state index contributed by atoms with van der Waals surface area (Å²) in [6, 6.07) is 9.84. The molecular formula is C16H28N5O2+. The molecule has 2 aliphatic rings. The first-order chi connectivity index (χ1) is 11.2. The highest BCUT2D eigenvalue weighted by Gasteiger charge is 2.47. The topological polar surface area (TPSA) is 40.2 Å². The molecule has 23 heavy (non-hydrogen) atoms. The molecule has 0 saturated carbocycles. The summed E-state index contributed by atoms with van der Waals surface area (Å²) in [6.07, 6.45) is 0.